The zero-order chi connectivity index (χ0) is 25.8. The molecular formula is C37H23NO. The van der Waals surface area contributed by atoms with Gasteiger partial charge in [0.05, 0.1) is 5.52 Å². The zero-order valence-corrected chi connectivity index (χ0v) is 21.1. The Balaban J connectivity index is 1.50. The number of rotatable bonds is 3. The first-order chi connectivity index (χ1) is 19.3. The van der Waals surface area contributed by atoms with Crippen LogP contribution in [0.3, 0.4) is 0 Å². The maximum Gasteiger partial charge on any atom is 0.143 e. The summed E-state index contributed by atoms with van der Waals surface area (Å²) in [6, 6.07) is 47.0. The van der Waals surface area contributed by atoms with Crippen LogP contribution in [-0.4, -0.2) is 4.98 Å². The van der Waals surface area contributed by atoms with Crippen LogP contribution in [-0.2, 0) is 0 Å². The molecule has 39 heavy (non-hydrogen) atoms. The molecule has 182 valence electrons. The van der Waals surface area contributed by atoms with Crippen molar-refractivity contribution in [3.63, 3.8) is 0 Å². The predicted octanol–water partition coefficient (Wildman–Crippen LogP) is 10.3. The first kappa shape index (κ1) is 21.8. The number of para-hydroxylation sites is 1. The molecule has 0 saturated heterocycles. The largest absolute Gasteiger partial charge is 0.455 e. The Morgan fingerprint density at radius 3 is 1.92 bits per heavy atom. The molecule has 0 fully saturated rings. The van der Waals surface area contributed by atoms with Crippen LogP contribution in [0.15, 0.2) is 144 Å². The fourth-order valence-corrected chi connectivity index (χ4v) is 5.89. The number of aromatic nitrogens is 1. The van der Waals surface area contributed by atoms with E-state index in [4.69, 9.17) is 9.40 Å². The summed E-state index contributed by atoms with van der Waals surface area (Å²) >= 11 is 0. The molecule has 8 aromatic rings. The number of pyridine rings is 1. The van der Waals surface area contributed by atoms with Gasteiger partial charge in [0, 0.05) is 38.9 Å². The van der Waals surface area contributed by atoms with Gasteiger partial charge in [-0.3, -0.25) is 4.98 Å². The van der Waals surface area contributed by atoms with Crippen molar-refractivity contribution in [2.45, 2.75) is 0 Å². The third kappa shape index (κ3) is 3.46. The smallest absolute Gasteiger partial charge is 0.143 e. The van der Waals surface area contributed by atoms with E-state index in [1.54, 1.807) is 0 Å². The fraction of sp³-hybridized carbons (Fsp3) is 0. The summed E-state index contributed by atoms with van der Waals surface area (Å²) in [6.07, 6.45) is 1.88. The molecule has 0 aliphatic rings. The van der Waals surface area contributed by atoms with Crippen LogP contribution in [0.1, 0.15) is 0 Å². The highest BCUT2D eigenvalue weighted by molar-refractivity contribution is 6.17. The van der Waals surface area contributed by atoms with E-state index in [2.05, 4.69) is 121 Å². The second kappa shape index (κ2) is 8.68. The Hall–Kier alpha value is -5.21. The van der Waals surface area contributed by atoms with E-state index in [9.17, 15) is 0 Å². The molecule has 0 aliphatic heterocycles. The summed E-state index contributed by atoms with van der Waals surface area (Å²) in [5.74, 6) is 0. The van der Waals surface area contributed by atoms with Crippen LogP contribution in [0, 0.1) is 0 Å². The molecule has 6 aromatic carbocycles. The average molecular weight is 498 g/mol. The van der Waals surface area contributed by atoms with E-state index in [0.717, 1.165) is 60.7 Å². The molecule has 8 rings (SSSR count). The normalized spacial score (nSPS) is 11.6. The Kier molecular flexibility index (Phi) is 4.86. The molecule has 0 N–H and O–H groups in total. The van der Waals surface area contributed by atoms with Crippen LogP contribution in [0.25, 0.3) is 77.0 Å². The van der Waals surface area contributed by atoms with Crippen LogP contribution in [0.5, 0.6) is 0 Å². The zero-order valence-electron chi connectivity index (χ0n) is 21.1. The summed E-state index contributed by atoms with van der Waals surface area (Å²) in [5, 5.41) is 5.73. The summed E-state index contributed by atoms with van der Waals surface area (Å²) in [5.41, 5.74) is 9.64. The van der Waals surface area contributed by atoms with Gasteiger partial charge in [-0.25, -0.2) is 0 Å². The first-order valence-electron chi connectivity index (χ1n) is 13.2. The highest BCUT2D eigenvalue weighted by Gasteiger charge is 2.19. The molecular weight excluding hydrogens is 474 g/mol. The van der Waals surface area contributed by atoms with Crippen molar-refractivity contribution in [1.29, 1.82) is 0 Å². The summed E-state index contributed by atoms with van der Waals surface area (Å²) in [4.78, 5) is 4.81. The van der Waals surface area contributed by atoms with E-state index < -0.39 is 0 Å². The quantitative estimate of drug-likeness (QED) is 0.227. The third-order valence-corrected chi connectivity index (χ3v) is 7.69. The van der Waals surface area contributed by atoms with Gasteiger partial charge in [-0.05, 0) is 45.8 Å². The SMILES string of the molecule is c1ccc(-c2cccc3c2oc2c(-c4ccccc4)cc(-c4cccc5ccc6cccnc6c45)cc23)cc1. The van der Waals surface area contributed by atoms with Crippen LogP contribution < -0.4 is 0 Å². The minimum absolute atomic E-state index is 0.909. The summed E-state index contributed by atoms with van der Waals surface area (Å²) in [6.45, 7) is 0. The molecule has 0 bridgehead atoms. The molecule has 0 saturated carbocycles. The molecule has 0 aliphatic carbocycles. The Morgan fingerprint density at radius 1 is 0.436 bits per heavy atom. The van der Waals surface area contributed by atoms with E-state index in [1.165, 1.54) is 16.3 Å². The van der Waals surface area contributed by atoms with Gasteiger partial charge in [0.25, 0.3) is 0 Å². The van der Waals surface area contributed by atoms with Gasteiger partial charge in [0.2, 0.25) is 0 Å². The Labute approximate surface area is 225 Å². The highest BCUT2D eigenvalue weighted by atomic mass is 16.3. The topological polar surface area (TPSA) is 26.0 Å². The highest BCUT2D eigenvalue weighted by Crippen LogP contribution is 2.43. The van der Waals surface area contributed by atoms with Gasteiger partial charge < -0.3 is 4.42 Å². The van der Waals surface area contributed by atoms with Crippen molar-refractivity contribution in [3.05, 3.63) is 140 Å². The molecule has 0 spiro atoms. The van der Waals surface area contributed by atoms with Crippen LogP contribution in [0.4, 0.5) is 0 Å². The molecule has 2 heterocycles. The predicted molar refractivity (Wildman–Crippen MR) is 163 cm³/mol. The van der Waals surface area contributed by atoms with E-state index in [-0.39, 0.29) is 0 Å². The number of nitrogens with zero attached hydrogens (tertiary/aromatic N) is 1. The standard InChI is InChI=1S/C37H23NO/c1-3-10-24(11-4-1)30-17-8-18-31-33-23-28(22-32(37(33)39-36(30)31)25-12-5-2-6-13-25)29-16-7-14-26-19-20-27-15-9-21-38-35(27)34(26)29/h1-23H. The lowest BCUT2D eigenvalue weighted by Crippen LogP contribution is -1.88. The summed E-state index contributed by atoms with van der Waals surface area (Å²) in [7, 11) is 0. The molecule has 0 radical (unpaired) electrons. The van der Waals surface area contributed by atoms with E-state index in [1.807, 2.05) is 18.3 Å². The number of fused-ring (bicyclic) bond motifs is 6. The monoisotopic (exact) mass is 497 g/mol. The van der Waals surface area contributed by atoms with Crippen molar-refractivity contribution in [3.8, 4) is 33.4 Å². The van der Waals surface area contributed by atoms with Crippen LogP contribution >= 0.6 is 0 Å². The lowest BCUT2D eigenvalue weighted by molar-refractivity contribution is 0.671. The first-order valence-corrected chi connectivity index (χ1v) is 13.2. The molecule has 2 heteroatoms. The number of benzene rings is 6. The van der Waals surface area contributed by atoms with E-state index >= 15 is 0 Å². The summed E-state index contributed by atoms with van der Waals surface area (Å²) < 4.78 is 6.76. The fourth-order valence-electron chi connectivity index (χ4n) is 5.89. The lowest BCUT2D eigenvalue weighted by atomic mass is 9.92. The lowest BCUT2D eigenvalue weighted by Gasteiger charge is -2.12. The maximum absolute atomic E-state index is 6.76. The van der Waals surface area contributed by atoms with Crippen molar-refractivity contribution in [2.75, 3.05) is 0 Å². The van der Waals surface area contributed by atoms with Crippen LogP contribution in [0.2, 0.25) is 0 Å². The number of hydrogen-bond donors (Lipinski definition) is 0. The Bertz CT molecular complexity index is 2160. The van der Waals surface area contributed by atoms with Crippen molar-refractivity contribution in [1.82, 2.24) is 4.98 Å². The van der Waals surface area contributed by atoms with Gasteiger partial charge >= 0.3 is 0 Å². The van der Waals surface area contributed by atoms with Gasteiger partial charge in [0.1, 0.15) is 11.2 Å². The number of hydrogen-bond acceptors (Lipinski definition) is 2. The van der Waals surface area contributed by atoms with Crippen molar-refractivity contribution < 1.29 is 4.42 Å². The molecule has 0 amide bonds. The van der Waals surface area contributed by atoms with Crippen molar-refractivity contribution in [2.24, 2.45) is 0 Å². The van der Waals surface area contributed by atoms with Gasteiger partial charge in [-0.2, -0.15) is 0 Å². The molecule has 2 nitrogen and oxygen atoms in total. The maximum atomic E-state index is 6.76. The Morgan fingerprint density at radius 2 is 1.10 bits per heavy atom. The average Bonchev–Trinajstić information content (AvgIpc) is 3.40. The van der Waals surface area contributed by atoms with Crippen molar-refractivity contribution >= 4 is 43.6 Å². The van der Waals surface area contributed by atoms with E-state index in [0.29, 0.717) is 0 Å². The van der Waals surface area contributed by atoms with Gasteiger partial charge in [0.15, 0.2) is 0 Å². The van der Waals surface area contributed by atoms with Gasteiger partial charge in [-0.1, -0.05) is 115 Å². The minimum atomic E-state index is 0.909. The molecule has 2 aromatic heterocycles. The van der Waals surface area contributed by atoms with Gasteiger partial charge in [-0.15, -0.1) is 0 Å². The molecule has 0 unspecified atom stereocenters. The molecule has 0 atom stereocenters. The number of furan rings is 1. The second-order valence-corrected chi connectivity index (χ2v) is 9.96. The second-order valence-electron chi connectivity index (χ2n) is 9.96. The minimum Gasteiger partial charge on any atom is -0.455 e. The third-order valence-electron chi connectivity index (χ3n) is 7.69.